The van der Waals surface area contributed by atoms with Gasteiger partial charge in [0.25, 0.3) is 8.32 Å². The molecule has 0 saturated carbocycles. The lowest BCUT2D eigenvalue weighted by molar-refractivity contribution is 0.414. The highest BCUT2D eigenvalue weighted by molar-refractivity contribution is 6.98. The van der Waals surface area contributed by atoms with Gasteiger partial charge in [-0.05, 0) is 27.1 Å². The van der Waals surface area contributed by atoms with E-state index in [0.29, 0.717) is 0 Å². The topological polar surface area (TPSA) is 9.23 Å². The zero-order valence-corrected chi connectivity index (χ0v) is 13.6. The predicted molar refractivity (Wildman–Crippen MR) is 94.1 cm³/mol. The van der Waals surface area contributed by atoms with Crippen LogP contribution in [0.3, 0.4) is 0 Å². The molecule has 0 saturated heterocycles. The SMILES string of the molecule is CO[Si]1(c2ccccc2)Cc2ccccc2-c2ccccc21. The lowest BCUT2D eigenvalue weighted by atomic mass is 10.00. The van der Waals surface area contributed by atoms with E-state index in [-0.39, 0.29) is 0 Å². The van der Waals surface area contributed by atoms with Gasteiger partial charge >= 0.3 is 0 Å². The molecule has 108 valence electrons. The molecule has 0 radical (unpaired) electrons. The van der Waals surface area contributed by atoms with Gasteiger partial charge in [-0.25, -0.2) is 0 Å². The summed E-state index contributed by atoms with van der Waals surface area (Å²) in [7, 11) is -0.326. The normalized spacial score (nSPS) is 19.3. The van der Waals surface area contributed by atoms with E-state index in [1.54, 1.807) is 0 Å². The average Bonchev–Trinajstić information content (AvgIpc) is 2.62. The first-order valence-corrected chi connectivity index (χ1v) is 9.75. The van der Waals surface area contributed by atoms with Crippen molar-refractivity contribution in [1.82, 2.24) is 0 Å². The summed E-state index contributed by atoms with van der Waals surface area (Å²) in [6.07, 6.45) is 0. The van der Waals surface area contributed by atoms with Crippen molar-refractivity contribution in [3.8, 4) is 11.1 Å². The lowest BCUT2D eigenvalue weighted by Crippen LogP contribution is -2.64. The third-order valence-corrected chi connectivity index (χ3v) is 8.85. The fraction of sp³-hybridized carbons (Fsp3) is 0.100. The molecule has 0 amide bonds. The Morgan fingerprint density at radius 2 is 1.36 bits per heavy atom. The molecule has 1 nitrogen and oxygen atoms in total. The molecular weight excluding hydrogens is 284 g/mol. The molecule has 4 rings (SSSR count). The van der Waals surface area contributed by atoms with E-state index in [4.69, 9.17) is 4.43 Å². The maximum absolute atomic E-state index is 6.29. The first-order valence-electron chi connectivity index (χ1n) is 7.63. The summed E-state index contributed by atoms with van der Waals surface area (Å²) in [5, 5.41) is 2.74. The zero-order valence-electron chi connectivity index (χ0n) is 12.6. The van der Waals surface area contributed by atoms with Gasteiger partial charge < -0.3 is 4.43 Å². The van der Waals surface area contributed by atoms with Crippen LogP contribution in [0.2, 0.25) is 0 Å². The number of benzene rings is 3. The number of hydrogen-bond donors (Lipinski definition) is 0. The van der Waals surface area contributed by atoms with Gasteiger partial charge in [0.05, 0.1) is 0 Å². The van der Waals surface area contributed by atoms with Crippen LogP contribution in [-0.4, -0.2) is 15.4 Å². The summed E-state index contributed by atoms with van der Waals surface area (Å²) >= 11 is 0. The van der Waals surface area contributed by atoms with E-state index in [1.807, 2.05) is 7.11 Å². The minimum atomic E-state index is -2.20. The molecule has 0 bridgehead atoms. The molecule has 22 heavy (non-hydrogen) atoms. The first kappa shape index (κ1) is 13.5. The molecule has 0 aliphatic carbocycles. The van der Waals surface area contributed by atoms with Gasteiger partial charge in [-0.2, -0.15) is 0 Å². The molecular formula is C20H18OSi. The van der Waals surface area contributed by atoms with Crippen molar-refractivity contribution in [2.45, 2.75) is 6.04 Å². The molecule has 3 aromatic rings. The van der Waals surface area contributed by atoms with Crippen molar-refractivity contribution in [2.75, 3.05) is 7.11 Å². The second kappa shape index (κ2) is 5.23. The quantitative estimate of drug-likeness (QED) is 0.661. The van der Waals surface area contributed by atoms with E-state index < -0.39 is 8.32 Å². The highest BCUT2D eigenvalue weighted by Gasteiger charge is 2.43. The Kier molecular flexibility index (Phi) is 3.21. The number of rotatable bonds is 2. The third-order valence-electron chi connectivity index (χ3n) is 4.70. The zero-order chi connectivity index (χ0) is 15.0. The van der Waals surface area contributed by atoms with Gasteiger partial charge in [0.1, 0.15) is 0 Å². The van der Waals surface area contributed by atoms with Crippen LogP contribution >= 0.6 is 0 Å². The smallest absolute Gasteiger partial charge is 0.260 e. The summed E-state index contributed by atoms with van der Waals surface area (Å²) in [6, 6.07) is 29.2. The minimum Gasteiger partial charge on any atom is -0.411 e. The van der Waals surface area contributed by atoms with Crippen LogP contribution in [0.5, 0.6) is 0 Å². The summed E-state index contributed by atoms with van der Waals surface area (Å²) < 4.78 is 6.29. The average molecular weight is 302 g/mol. The Labute approximate surface area is 132 Å². The fourth-order valence-electron chi connectivity index (χ4n) is 3.64. The van der Waals surface area contributed by atoms with Gasteiger partial charge in [-0.15, -0.1) is 0 Å². The summed E-state index contributed by atoms with van der Waals surface area (Å²) in [5.74, 6) is 0. The highest BCUT2D eigenvalue weighted by Crippen LogP contribution is 2.32. The summed E-state index contributed by atoms with van der Waals surface area (Å²) in [4.78, 5) is 0. The van der Waals surface area contributed by atoms with Crippen molar-refractivity contribution < 1.29 is 4.43 Å². The molecule has 0 aromatic heterocycles. The van der Waals surface area contributed by atoms with E-state index in [9.17, 15) is 0 Å². The van der Waals surface area contributed by atoms with Gasteiger partial charge in [0.15, 0.2) is 0 Å². The molecule has 0 N–H and O–H groups in total. The molecule has 0 fully saturated rings. The molecule has 3 aromatic carbocycles. The largest absolute Gasteiger partial charge is 0.411 e. The monoisotopic (exact) mass is 302 g/mol. The van der Waals surface area contributed by atoms with Gasteiger partial charge in [0, 0.05) is 13.2 Å². The van der Waals surface area contributed by atoms with E-state index >= 15 is 0 Å². The molecule has 1 aliphatic heterocycles. The van der Waals surface area contributed by atoms with Crippen molar-refractivity contribution in [3.05, 3.63) is 84.4 Å². The molecule has 1 heterocycles. The molecule has 1 aliphatic rings. The standard InChI is InChI=1S/C20H18OSi/c1-21-22(17-10-3-2-4-11-17)15-16-9-5-6-12-18(16)19-13-7-8-14-20(19)22/h2-14H,15H2,1H3. The molecule has 1 atom stereocenters. The van der Waals surface area contributed by atoms with Gasteiger partial charge in [0.2, 0.25) is 0 Å². The van der Waals surface area contributed by atoms with Crippen LogP contribution in [-0.2, 0) is 10.5 Å². The van der Waals surface area contributed by atoms with Crippen molar-refractivity contribution in [3.63, 3.8) is 0 Å². The molecule has 2 heteroatoms. The first-order chi connectivity index (χ1) is 10.8. The van der Waals surface area contributed by atoms with Crippen LogP contribution < -0.4 is 10.4 Å². The maximum atomic E-state index is 6.29. The van der Waals surface area contributed by atoms with E-state index in [1.165, 1.54) is 27.1 Å². The second-order valence-corrected chi connectivity index (χ2v) is 9.31. The summed E-state index contributed by atoms with van der Waals surface area (Å²) in [5.41, 5.74) is 4.09. The maximum Gasteiger partial charge on any atom is 0.260 e. The fourth-order valence-corrected chi connectivity index (χ4v) is 7.54. The number of hydrogen-bond acceptors (Lipinski definition) is 1. The highest BCUT2D eigenvalue weighted by atomic mass is 28.4. The second-order valence-electron chi connectivity index (χ2n) is 5.78. The summed E-state index contributed by atoms with van der Waals surface area (Å²) in [6.45, 7) is 0. The predicted octanol–water partition coefficient (Wildman–Crippen LogP) is 3.16. The Bertz CT molecular complexity index is 813. The Hall–Kier alpha value is -2.16. The minimum absolute atomic E-state index is 1.00. The third kappa shape index (κ3) is 1.88. The van der Waals surface area contributed by atoms with E-state index in [0.717, 1.165) is 6.04 Å². The molecule has 0 spiro atoms. The van der Waals surface area contributed by atoms with Crippen LogP contribution in [0.15, 0.2) is 78.9 Å². The van der Waals surface area contributed by atoms with Crippen LogP contribution in [0.25, 0.3) is 11.1 Å². The lowest BCUT2D eigenvalue weighted by Gasteiger charge is -2.37. The number of fused-ring (bicyclic) bond motifs is 3. The van der Waals surface area contributed by atoms with Crippen LogP contribution in [0, 0.1) is 0 Å². The Morgan fingerprint density at radius 1 is 0.727 bits per heavy atom. The van der Waals surface area contributed by atoms with Crippen LogP contribution in [0.1, 0.15) is 5.56 Å². The van der Waals surface area contributed by atoms with Crippen LogP contribution in [0.4, 0.5) is 0 Å². The molecule has 1 unspecified atom stereocenters. The van der Waals surface area contributed by atoms with Gasteiger partial charge in [-0.3, -0.25) is 0 Å². The van der Waals surface area contributed by atoms with Crippen molar-refractivity contribution >= 4 is 18.7 Å². The van der Waals surface area contributed by atoms with Crippen molar-refractivity contribution in [2.24, 2.45) is 0 Å². The van der Waals surface area contributed by atoms with Gasteiger partial charge in [-0.1, -0.05) is 78.9 Å². The van der Waals surface area contributed by atoms with E-state index in [2.05, 4.69) is 78.9 Å². The Morgan fingerprint density at radius 3 is 2.14 bits per heavy atom. The Balaban J connectivity index is 2.03. The van der Waals surface area contributed by atoms with Crippen molar-refractivity contribution in [1.29, 1.82) is 0 Å².